The van der Waals surface area contributed by atoms with Crippen LogP contribution in [-0.4, -0.2) is 23.4 Å². The van der Waals surface area contributed by atoms with Gasteiger partial charge >= 0.3 is 0 Å². The lowest BCUT2D eigenvalue weighted by molar-refractivity contribution is 0.401. The molecule has 0 spiro atoms. The third-order valence-corrected chi connectivity index (χ3v) is 3.39. The lowest BCUT2D eigenvalue weighted by Crippen LogP contribution is -2.28. The van der Waals surface area contributed by atoms with Crippen LogP contribution in [0.4, 0.5) is 0 Å². The van der Waals surface area contributed by atoms with Gasteiger partial charge in [-0.15, -0.1) is 11.6 Å². The van der Waals surface area contributed by atoms with E-state index in [1.807, 2.05) is 6.07 Å². The second kappa shape index (κ2) is 6.30. The first kappa shape index (κ1) is 12.7. The minimum atomic E-state index is 0.296. The number of hydrogen-bond acceptors (Lipinski definition) is 4. The van der Waals surface area contributed by atoms with Crippen molar-refractivity contribution in [3.05, 3.63) is 10.9 Å². The Balaban J connectivity index is 2.49. The summed E-state index contributed by atoms with van der Waals surface area (Å²) in [6.07, 6.45) is 0.974. The summed E-state index contributed by atoms with van der Waals surface area (Å²) in [5.74, 6) is 1.38. The number of ether oxygens (including phenoxy) is 1. The molecule has 0 aliphatic carbocycles. The van der Waals surface area contributed by atoms with Crippen molar-refractivity contribution < 1.29 is 4.74 Å². The van der Waals surface area contributed by atoms with Crippen LogP contribution in [0.15, 0.2) is 6.07 Å². The molecule has 15 heavy (non-hydrogen) atoms. The number of aromatic nitrogens is 1. The first-order valence-corrected chi connectivity index (χ1v) is 6.30. The first-order chi connectivity index (χ1) is 7.17. The van der Waals surface area contributed by atoms with Crippen molar-refractivity contribution in [2.45, 2.75) is 32.4 Å². The van der Waals surface area contributed by atoms with Crippen molar-refractivity contribution >= 4 is 23.1 Å². The quantitative estimate of drug-likeness (QED) is 0.787. The molecule has 2 atom stereocenters. The van der Waals surface area contributed by atoms with Crippen LogP contribution in [-0.2, 0) is 0 Å². The maximum absolute atomic E-state index is 5.68. The highest BCUT2D eigenvalue weighted by Crippen LogP contribution is 2.23. The molecule has 1 N–H and O–H groups in total. The third kappa shape index (κ3) is 3.97. The Kier molecular flexibility index (Phi) is 5.36. The molecule has 1 rings (SSSR count). The molecule has 0 fully saturated rings. The maximum atomic E-state index is 5.68. The van der Waals surface area contributed by atoms with Gasteiger partial charge in [-0.3, -0.25) is 0 Å². The zero-order valence-electron chi connectivity index (χ0n) is 9.29. The third-order valence-electron chi connectivity index (χ3n) is 2.22. The molecule has 0 saturated heterocycles. The molecule has 5 heteroatoms. The molecule has 0 radical (unpaired) electrons. The van der Waals surface area contributed by atoms with Crippen molar-refractivity contribution in [1.29, 1.82) is 0 Å². The molecule has 0 aliphatic rings. The largest absolute Gasteiger partial charge is 0.480 e. The van der Waals surface area contributed by atoms with Crippen LogP contribution in [0.2, 0.25) is 0 Å². The predicted molar refractivity (Wildman–Crippen MR) is 65.0 cm³/mol. The van der Waals surface area contributed by atoms with Gasteiger partial charge in [0.25, 0.3) is 0 Å². The molecular formula is C10H17ClN2OS. The minimum absolute atomic E-state index is 0.296. The molecule has 2 unspecified atom stereocenters. The molecule has 0 aromatic carbocycles. The Morgan fingerprint density at radius 3 is 2.87 bits per heavy atom. The van der Waals surface area contributed by atoms with Gasteiger partial charge in [0.05, 0.1) is 7.11 Å². The summed E-state index contributed by atoms with van der Waals surface area (Å²) in [6.45, 7) is 4.26. The molecule has 0 saturated carbocycles. The molecule has 0 amide bonds. The topological polar surface area (TPSA) is 34.1 Å². The van der Waals surface area contributed by atoms with Crippen molar-refractivity contribution in [1.82, 2.24) is 9.69 Å². The number of nitrogens with one attached hydrogen (secondary N) is 1. The second-order valence-corrected chi connectivity index (χ2v) is 4.75. The highest BCUT2D eigenvalue weighted by molar-refractivity contribution is 7.06. The van der Waals surface area contributed by atoms with Gasteiger partial charge in [-0.1, -0.05) is 0 Å². The first-order valence-electron chi connectivity index (χ1n) is 5.00. The van der Waals surface area contributed by atoms with Gasteiger partial charge in [-0.25, -0.2) is 0 Å². The van der Waals surface area contributed by atoms with E-state index in [9.17, 15) is 0 Å². The highest BCUT2D eigenvalue weighted by Gasteiger charge is 2.12. The van der Waals surface area contributed by atoms with Gasteiger partial charge in [0, 0.05) is 28.9 Å². The Labute approximate surface area is 100.0 Å². The van der Waals surface area contributed by atoms with Gasteiger partial charge in [-0.05, 0) is 31.8 Å². The van der Waals surface area contributed by atoms with Gasteiger partial charge < -0.3 is 10.1 Å². The number of methoxy groups -OCH3 is 1. The SMILES string of the molecule is COc1cc(C(C)NC(C)CCCl)sn1. The van der Waals surface area contributed by atoms with Crippen LogP contribution < -0.4 is 10.1 Å². The smallest absolute Gasteiger partial charge is 0.225 e. The summed E-state index contributed by atoms with van der Waals surface area (Å²) < 4.78 is 9.21. The molecule has 0 bridgehead atoms. The fourth-order valence-electron chi connectivity index (χ4n) is 1.33. The summed E-state index contributed by atoms with van der Waals surface area (Å²) in [6, 6.07) is 2.69. The van der Waals surface area contributed by atoms with E-state index in [0.29, 0.717) is 23.8 Å². The van der Waals surface area contributed by atoms with Crippen LogP contribution in [0, 0.1) is 0 Å². The highest BCUT2D eigenvalue weighted by atomic mass is 35.5. The minimum Gasteiger partial charge on any atom is -0.480 e. The molecule has 1 aromatic heterocycles. The van der Waals surface area contributed by atoms with E-state index in [2.05, 4.69) is 23.5 Å². The number of alkyl halides is 1. The van der Waals surface area contributed by atoms with Gasteiger partial charge in [0.2, 0.25) is 5.88 Å². The Bertz CT molecular complexity index is 293. The summed E-state index contributed by atoms with van der Waals surface area (Å²) >= 11 is 7.15. The Hall–Kier alpha value is -0.320. The number of hydrogen-bond donors (Lipinski definition) is 1. The van der Waals surface area contributed by atoms with Crippen molar-refractivity contribution in [2.75, 3.05) is 13.0 Å². The number of halogens is 1. The van der Waals surface area contributed by atoms with E-state index in [1.165, 1.54) is 16.4 Å². The Morgan fingerprint density at radius 1 is 1.60 bits per heavy atom. The van der Waals surface area contributed by atoms with E-state index >= 15 is 0 Å². The molecule has 3 nitrogen and oxygen atoms in total. The fraction of sp³-hybridized carbons (Fsp3) is 0.700. The summed E-state index contributed by atoms with van der Waals surface area (Å²) in [7, 11) is 1.63. The average Bonchev–Trinajstić information content (AvgIpc) is 2.66. The monoisotopic (exact) mass is 248 g/mol. The molecule has 1 heterocycles. The van der Waals surface area contributed by atoms with E-state index in [0.717, 1.165) is 6.42 Å². The summed E-state index contributed by atoms with van der Waals surface area (Å²) in [5, 5.41) is 3.46. The predicted octanol–water partition coefficient (Wildman–Crippen LogP) is 2.82. The van der Waals surface area contributed by atoms with E-state index < -0.39 is 0 Å². The van der Waals surface area contributed by atoms with Crippen molar-refractivity contribution in [3.8, 4) is 5.88 Å². The zero-order chi connectivity index (χ0) is 11.3. The number of rotatable bonds is 6. The van der Waals surface area contributed by atoms with Crippen LogP contribution in [0.25, 0.3) is 0 Å². The maximum Gasteiger partial charge on any atom is 0.225 e. The normalized spacial score (nSPS) is 14.9. The lowest BCUT2D eigenvalue weighted by Gasteiger charge is -2.17. The van der Waals surface area contributed by atoms with Gasteiger partial charge in [0.1, 0.15) is 0 Å². The average molecular weight is 249 g/mol. The Morgan fingerprint density at radius 2 is 2.33 bits per heavy atom. The summed E-state index contributed by atoms with van der Waals surface area (Å²) in [4.78, 5) is 1.19. The van der Waals surface area contributed by atoms with Gasteiger partial charge in [0.15, 0.2) is 0 Å². The van der Waals surface area contributed by atoms with Crippen molar-refractivity contribution in [3.63, 3.8) is 0 Å². The number of nitrogens with zero attached hydrogens (tertiary/aromatic N) is 1. The standard InChI is InChI=1S/C10H17ClN2OS/c1-7(4-5-11)12-8(2)9-6-10(14-3)13-15-9/h6-8,12H,4-5H2,1-3H3. The zero-order valence-corrected chi connectivity index (χ0v) is 10.9. The van der Waals surface area contributed by atoms with E-state index in [1.54, 1.807) is 7.11 Å². The summed E-state index contributed by atoms with van der Waals surface area (Å²) in [5.41, 5.74) is 0. The lowest BCUT2D eigenvalue weighted by atomic mass is 10.2. The second-order valence-electron chi connectivity index (χ2n) is 3.54. The van der Waals surface area contributed by atoms with Crippen LogP contribution in [0.1, 0.15) is 31.2 Å². The molecule has 86 valence electrons. The van der Waals surface area contributed by atoms with Crippen molar-refractivity contribution in [2.24, 2.45) is 0 Å². The molecular weight excluding hydrogens is 232 g/mol. The van der Waals surface area contributed by atoms with Crippen LogP contribution >= 0.6 is 23.1 Å². The van der Waals surface area contributed by atoms with Crippen LogP contribution in [0.5, 0.6) is 5.88 Å². The van der Waals surface area contributed by atoms with Gasteiger partial charge in [-0.2, -0.15) is 4.37 Å². The van der Waals surface area contributed by atoms with E-state index in [4.69, 9.17) is 16.3 Å². The molecule has 1 aromatic rings. The van der Waals surface area contributed by atoms with Crippen LogP contribution in [0.3, 0.4) is 0 Å². The fourth-order valence-corrected chi connectivity index (χ4v) is 2.36. The molecule has 0 aliphatic heterocycles. The van der Waals surface area contributed by atoms with E-state index in [-0.39, 0.29) is 0 Å².